The minimum Gasteiger partial charge on any atom is -0.497 e. The van der Waals surface area contributed by atoms with Crippen molar-refractivity contribution in [2.24, 2.45) is 0 Å². The first-order valence-electron chi connectivity index (χ1n) is 9.96. The summed E-state index contributed by atoms with van der Waals surface area (Å²) in [5, 5.41) is 14.2. The van der Waals surface area contributed by atoms with E-state index < -0.39 is 4.92 Å². The topological polar surface area (TPSA) is 95.1 Å². The molecule has 2 aromatic rings. The molecule has 3 rings (SSSR count). The van der Waals surface area contributed by atoms with Gasteiger partial charge in [-0.05, 0) is 43.2 Å². The first-order chi connectivity index (χ1) is 14.3. The van der Waals surface area contributed by atoms with Crippen LogP contribution in [0, 0.1) is 24.0 Å². The summed E-state index contributed by atoms with van der Waals surface area (Å²) in [6.45, 7) is 4.71. The molecule has 30 heavy (non-hydrogen) atoms. The Balaban J connectivity index is 1.81. The van der Waals surface area contributed by atoms with E-state index in [1.54, 1.807) is 27.2 Å². The van der Waals surface area contributed by atoms with E-state index in [2.05, 4.69) is 5.32 Å². The molecule has 160 valence electrons. The molecule has 1 heterocycles. The zero-order valence-electron chi connectivity index (χ0n) is 17.8. The van der Waals surface area contributed by atoms with Gasteiger partial charge in [0.2, 0.25) is 0 Å². The number of hydrogen-bond acceptors (Lipinski definition) is 5. The molecule has 0 radical (unpaired) electrons. The van der Waals surface area contributed by atoms with Gasteiger partial charge in [0.25, 0.3) is 11.6 Å². The van der Waals surface area contributed by atoms with Crippen LogP contribution in [-0.2, 0) is 4.79 Å². The Labute approximate surface area is 175 Å². The van der Waals surface area contributed by atoms with Crippen LogP contribution in [0.4, 0.5) is 11.4 Å². The van der Waals surface area contributed by atoms with Gasteiger partial charge in [0, 0.05) is 18.9 Å². The van der Waals surface area contributed by atoms with Gasteiger partial charge in [0.1, 0.15) is 23.2 Å². The third kappa shape index (κ3) is 4.38. The Kier molecular flexibility index (Phi) is 6.56. The summed E-state index contributed by atoms with van der Waals surface area (Å²) >= 11 is 0. The summed E-state index contributed by atoms with van der Waals surface area (Å²) in [6, 6.07) is 8.91. The first-order valence-corrected chi connectivity index (χ1v) is 9.96. The molecule has 1 amide bonds. The van der Waals surface area contributed by atoms with Crippen LogP contribution < -0.4 is 19.7 Å². The molecule has 1 saturated heterocycles. The largest absolute Gasteiger partial charge is 0.497 e. The maximum Gasteiger partial charge on any atom is 0.293 e. The van der Waals surface area contributed by atoms with E-state index in [4.69, 9.17) is 9.47 Å². The quantitative estimate of drug-likeness (QED) is 0.536. The van der Waals surface area contributed by atoms with Crippen molar-refractivity contribution in [1.82, 2.24) is 0 Å². The second kappa shape index (κ2) is 9.13. The second-order valence-corrected chi connectivity index (χ2v) is 7.59. The average Bonchev–Trinajstić information content (AvgIpc) is 3.18. The van der Waals surface area contributed by atoms with Gasteiger partial charge >= 0.3 is 0 Å². The lowest BCUT2D eigenvalue weighted by Crippen LogP contribution is -3.11. The van der Waals surface area contributed by atoms with Crippen LogP contribution in [0.2, 0.25) is 0 Å². The number of benzene rings is 2. The van der Waals surface area contributed by atoms with E-state index in [-0.39, 0.29) is 29.9 Å². The smallest absolute Gasteiger partial charge is 0.293 e. The second-order valence-electron chi connectivity index (χ2n) is 7.59. The van der Waals surface area contributed by atoms with Crippen molar-refractivity contribution in [2.75, 3.05) is 32.6 Å². The number of hydrogen-bond donors (Lipinski definition) is 2. The monoisotopic (exact) mass is 414 g/mol. The normalized spacial score (nSPS) is 18.1. The molecule has 0 spiro atoms. The average molecular weight is 414 g/mol. The molecule has 1 aliphatic rings. The fourth-order valence-corrected chi connectivity index (χ4v) is 4.11. The van der Waals surface area contributed by atoms with Gasteiger partial charge in [0.15, 0.2) is 6.54 Å². The molecule has 0 bridgehead atoms. The van der Waals surface area contributed by atoms with Crippen molar-refractivity contribution in [3.05, 3.63) is 57.1 Å². The molecular formula is C22H28N3O5+. The predicted molar refractivity (Wildman–Crippen MR) is 113 cm³/mol. The molecule has 2 aromatic carbocycles. The third-order valence-corrected chi connectivity index (χ3v) is 5.86. The highest BCUT2D eigenvalue weighted by Crippen LogP contribution is 2.32. The summed E-state index contributed by atoms with van der Waals surface area (Å²) in [4.78, 5) is 24.9. The standard InChI is InChI=1S/C22H27N3O5/c1-14-7-9-19(25(27)28)22(15(14)2)23-21(26)13-24-11-5-6-18(24)17-12-16(29-3)8-10-20(17)30-4/h7-10,12,18H,5-6,11,13H2,1-4H3,(H,23,26)/p+1/t18-/m0/s1. The highest BCUT2D eigenvalue weighted by Gasteiger charge is 2.34. The van der Waals surface area contributed by atoms with E-state index >= 15 is 0 Å². The molecule has 0 saturated carbocycles. The summed E-state index contributed by atoms with van der Waals surface area (Å²) in [7, 11) is 3.25. The van der Waals surface area contributed by atoms with Crippen molar-refractivity contribution in [3.8, 4) is 11.5 Å². The van der Waals surface area contributed by atoms with Gasteiger partial charge in [-0.1, -0.05) is 6.07 Å². The van der Waals surface area contributed by atoms with Crippen molar-refractivity contribution in [1.29, 1.82) is 0 Å². The molecule has 8 nitrogen and oxygen atoms in total. The van der Waals surface area contributed by atoms with Gasteiger partial charge in [-0.15, -0.1) is 0 Å². The van der Waals surface area contributed by atoms with Gasteiger partial charge in [-0.3, -0.25) is 14.9 Å². The molecule has 1 unspecified atom stereocenters. The lowest BCUT2D eigenvalue weighted by atomic mass is 10.0. The van der Waals surface area contributed by atoms with Gasteiger partial charge in [-0.25, -0.2) is 0 Å². The molecule has 1 fully saturated rings. The van der Waals surface area contributed by atoms with E-state index in [0.29, 0.717) is 5.56 Å². The third-order valence-electron chi connectivity index (χ3n) is 5.86. The molecular weight excluding hydrogens is 386 g/mol. The van der Waals surface area contributed by atoms with E-state index in [1.807, 2.05) is 25.1 Å². The van der Waals surface area contributed by atoms with Crippen LogP contribution in [0.15, 0.2) is 30.3 Å². The summed E-state index contributed by atoms with van der Waals surface area (Å²) in [5.41, 5.74) is 2.80. The number of nitrogens with zero attached hydrogens (tertiary/aromatic N) is 1. The Morgan fingerprint density at radius 2 is 2.00 bits per heavy atom. The number of nitro groups is 1. The van der Waals surface area contributed by atoms with Crippen LogP contribution in [-0.4, -0.2) is 38.1 Å². The lowest BCUT2D eigenvalue weighted by molar-refractivity contribution is -0.910. The minimum atomic E-state index is -0.464. The number of quaternary nitrogens is 1. The molecule has 8 heteroatoms. The molecule has 1 aliphatic heterocycles. The number of amides is 1. The number of rotatable bonds is 7. The Morgan fingerprint density at radius 3 is 2.67 bits per heavy atom. The summed E-state index contributed by atoms with van der Waals surface area (Å²) in [6.07, 6.45) is 1.91. The number of likely N-dealkylation sites (tertiary alicyclic amines) is 1. The van der Waals surface area contributed by atoms with Crippen LogP contribution in [0.25, 0.3) is 0 Å². The molecule has 0 aromatic heterocycles. The Bertz CT molecular complexity index is 960. The zero-order chi connectivity index (χ0) is 21.8. The fraction of sp³-hybridized carbons (Fsp3) is 0.409. The van der Waals surface area contributed by atoms with Crippen molar-refractivity contribution in [2.45, 2.75) is 32.7 Å². The van der Waals surface area contributed by atoms with E-state index in [9.17, 15) is 14.9 Å². The SMILES string of the molecule is COc1ccc(OC)c([C@@H]2CCC[NH+]2CC(=O)Nc2c([N+](=O)[O-])ccc(C)c2C)c1. The van der Waals surface area contributed by atoms with Gasteiger partial charge < -0.3 is 19.7 Å². The van der Waals surface area contributed by atoms with Crippen LogP contribution >= 0.6 is 0 Å². The van der Waals surface area contributed by atoms with E-state index in [0.717, 1.165) is 46.9 Å². The summed E-state index contributed by atoms with van der Waals surface area (Å²) in [5.74, 6) is 1.27. The van der Waals surface area contributed by atoms with Crippen LogP contribution in [0.3, 0.4) is 0 Å². The van der Waals surface area contributed by atoms with Gasteiger partial charge in [0.05, 0.1) is 31.3 Å². The fourth-order valence-electron chi connectivity index (χ4n) is 4.11. The Morgan fingerprint density at radius 1 is 1.23 bits per heavy atom. The predicted octanol–water partition coefficient (Wildman–Crippen LogP) is 2.59. The van der Waals surface area contributed by atoms with Crippen LogP contribution in [0.1, 0.15) is 35.6 Å². The van der Waals surface area contributed by atoms with Crippen molar-refractivity contribution >= 4 is 17.3 Å². The number of ether oxygens (including phenoxy) is 2. The maximum absolute atomic E-state index is 12.9. The maximum atomic E-state index is 12.9. The van der Waals surface area contributed by atoms with Gasteiger partial charge in [-0.2, -0.15) is 0 Å². The summed E-state index contributed by atoms with van der Waals surface area (Å²) < 4.78 is 10.9. The number of aryl methyl sites for hydroxylation is 1. The number of carbonyl (C=O) groups excluding carboxylic acids is 1. The van der Waals surface area contributed by atoms with Crippen molar-refractivity contribution in [3.63, 3.8) is 0 Å². The number of methoxy groups -OCH3 is 2. The number of carbonyl (C=O) groups is 1. The number of nitrogens with one attached hydrogen (secondary N) is 2. The lowest BCUT2D eigenvalue weighted by Gasteiger charge is -2.23. The first kappa shape index (κ1) is 21.6. The van der Waals surface area contributed by atoms with Crippen molar-refractivity contribution < 1.29 is 24.1 Å². The minimum absolute atomic E-state index is 0.0890. The molecule has 2 atom stereocenters. The molecule has 2 N–H and O–H groups in total. The Hall–Kier alpha value is -3.13. The number of anilines is 1. The molecule has 0 aliphatic carbocycles. The highest BCUT2D eigenvalue weighted by molar-refractivity contribution is 5.95. The zero-order valence-corrected chi connectivity index (χ0v) is 17.8. The van der Waals surface area contributed by atoms with E-state index in [1.165, 1.54) is 6.07 Å². The van der Waals surface area contributed by atoms with Crippen LogP contribution in [0.5, 0.6) is 11.5 Å². The number of nitro benzene ring substituents is 1. The highest BCUT2D eigenvalue weighted by atomic mass is 16.6.